The Morgan fingerprint density at radius 2 is 2.14 bits per heavy atom. The Labute approximate surface area is 81.0 Å². The van der Waals surface area contributed by atoms with Gasteiger partial charge in [-0.15, -0.1) is 0 Å². The Kier molecular flexibility index (Phi) is 3.39. The van der Waals surface area contributed by atoms with Crippen LogP contribution in [-0.4, -0.2) is 50.0 Å². The van der Waals surface area contributed by atoms with E-state index in [0.29, 0.717) is 19.6 Å². The fraction of sp³-hybridized carbons (Fsp3) is 1.00. The molecule has 1 rings (SSSR count). The Hall–Kier alpha value is -0.330. The third kappa shape index (κ3) is 2.02. The van der Waals surface area contributed by atoms with Crippen LogP contribution in [0.5, 0.6) is 0 Å². The number of likely N-dealkylation sites (tertiary alicyclic amines) is 1. The van der Waals surface area contributed by atoms with Crippen molar-refractivity contribution in [3.63, 3.8) is 0 Å². The average Bonchev–Trinajstić information content (AvgIpc) is 2.49. The summed E-state index contributed by atoms with van der Waals surface area (Å²) in [5, 5.41) is 0. The average molecular weight is 212 g/mol. The van der Waals surface area contributed by atoms with Crippen molar-refractivity contribution in [2.24, 2.45) is 5.73 Å². The molecule has 0 aromatic rings. The summed E-state index contributed by atoms with van der Waals surface area (Å²) in [6.07, 6.45) is -4.31. The normalized spacial score (nSPS) is 29.8. The predicted molar refractivity (Wildman–Crippen MR) is 45.9 cm³/mol. The molecule has 0 amide bonds. The highest BCUT2D eigenvalue weighted by Crippen LogP contribution is 2.40. The lowest BCUT2D eigenvalue weighted by Gasteiger charge is -2.30. The number of alkyl halides is 3. The Morgan fingerprint density at radius 1 is 1.50 bits per heavy atom. The first-order chi connectivity index (χ1) is 6.45. The molecule has 0 radical (unpaired) electrons. The molecule has 1 aliphatic rings. The molecule has 3 nitrogen and oxygen atoms in total. The summed E-state index contributed by atoms with van der Waals surface area (Å²) in [7, 11) is 1.11. The van der Waals surface area contributed by atoms with Gasteiger partial charge in [-0.25, -0.2) is 0 Å². The summed E-state index contributed by atoms with van der Waals surface area (Å²) in [5.74, 6) is 0. The van der Waals surface area contributed by atoms with E-state index in [-0.39, 0.29) is 13.0 Å². The van der Waals surface area contributed by atoms with Crippen LogP contribution >= 0.6 is 0 Å². The van der Waals surface area contributed by atoms with Gasteiger partial charge in [-0.3, -0.25) is 4.90 Å². The van der Waals surface area contributed by atoms with E-state index in [4.69, 9.17) is 5.73 Å². The molecule has 14 heavy (non-hydrogen) atoms. The summed E-state index contributed by atoms with van der Waals surface area (Å²) in [4.78, 5) is 1.68. The topological polar surface area (TPSA) is 38.5 Å². The van der Waals surface area contributed by atoms with Crippen molar-refractivity contribution in [3.05, 3.63) is 0 Å². The minimum atomic E-state index is -4.30. The van der Waals surface area contributed by atoms with Crippen LogP contribution < -0.4 is 5.73 Å². The fourth-order valence-electron chi connectivity index (χ4n) is 1.75. The van der Waals surface area contributed by atoms with Crippen molar-refractivity contribution >= 4 is 0 Å². The number of methoxy groups -OCH3 is 1. The van der Waals surface area contributed by atoms with Crippen LogP contribution in [0.4, 0.5) is 13.2 Å². The van der Waals surface area contributed by atoms with Crippen LogP contribution in [0.3, 0.4) is 0 Å². The van der Waals surface area contributed by atoms with E-state index in [9.17, 15) is 13.2 Å². The van der Waals surface area contributed by atoms with E-state index in [2.05, 4.69) is 4.74 Å². The van der Waals surface area contributed by atoms with E-state index in [0.717, 1.165) is 7.11 Å². The lowest BCUT2D eigenvalue weighted by molar-refractivity contribution is -0.263. The molecule has 84 valence electrons. The number of hydrogen-bond donors (Lipinski definition) is 1. The van der Waals surface area contributed by atoms with Gasteiger partial charge in [-0.05, 0) is 6.42 Å². The van der Waals surface area contributed by atoms with Gasteiger partial charge in [0, 0.05) is 33.3 Å². The van der Waals surface area contributed by atoms with Crippen LogP contribution in [0, 0.1) is 0 Å². The second-order valence-electron chi connectivity index (χ2n) is 3.51. The van der Waals surface area contributed by atoms with E-state index in [1.807, 2.05) is 0 Å². The zero-order valence-electron chi connectivity index (χ0n) is 8.10. The molecule has 1 fully saturated rings. The zero-order valence-corrected chi connectivity index (χ0v) is 8.10. The monoisotopic (exact) mass is 212 g/mol. The molecule has 0 aliphatic carbocycles. The summed E-state index contributed by atoms with van der Waals surface area (Å²) >= 11 is 0. The standard InChI is InChI=1S/C8H15F3N2O/c1-14-7(8(9,10)11)2-4-13(6-7)5-3-12/h2-6,12H2,1H3/t7-/m1/s1. The summed E-state index contributed by atoms with van der Waals surface area (Å²) in [5.41, 5.74) is 3.30. The largest absolute Gasteiger partial charge is 0.418 e. The van der Waals surface area contributed by atoms with Gasteiger partial charge in [-0.2, -0.15) is 13.2 Å². The van der Waals surface area contributed by atoms with Crippen molar-refractivity contribution in [3.8, 4) is 0 Å². The van der Waals surface area contributed by atoms with E-state index in [1.54, 1.807) is 4.90 Å². The molecule has 1 heterocycles. The molecule has 1 aliphatic heterocycles. The van der Waals surface area contributed by atoms with Gasteiger partial charge in [0.05, 0.1) is 0 Å². The van der Waals surface area contributed by atoms with Gasteiger partial charge >= 0.3 is 6.18 Å². The Morgan fingerprint density at radius 3 is 2.50 bits per heavy atom. The van der Waals surface area contributed by atoms with Gasteiger partial charge in [0.25, 0.3) is 0 Å². The molecule has 6 heteroatoms. The van der Waals surface area contributed by atoms with E-state index >= 15 is 0 Å². The third-order valence-electron chi connectivity index (χ3n) is 2.66. The molecule has 2 N–H and O–H groups in total. The molecule has 0 saturated carbocycles. The molecule has 1 atom stereocenters. The van der Waals surface area contributed by atoms with Crippen LogP contribution in [0.1, 0.15) is 6.42 Å². The van der Waals surface area contributed by atoms with Crippen molar-refractivity contribution < 1.29 is 17.9 Å². The van der Waals surface area contributed by atoms with Crippen LogP contribution in [0.2, 0.25) is 0 Å². The highest BCUT2D eigenvalue weighted by atomic mass is 19.4. The number of halogens is 3. The molecule has 0 bridgehead atoms. The maximum absolute atomic E-state index is 12.6. The Bertz CT molecular complexity index is 198. The molecule has 0 unspecified atom stereocenters. The number of hydrogen-bond acceptors (Lipinski definition) is 3. The molecule has 1 saturated heterocycles. The van der Waals surface area contributed by atoms with Gasteiger partial charge in [0.15, 0.2) is 5.60 Å². The highest BCUT2D eigenvalue weighted by Gasteiger charge is 2.58. The molecule has 0 aromatic carbocycles. The summed E-state index contributed by atoms with van der Waals surface area (Å²) in [6, 6.07) is 0. The van der Waals surface area contributed by atoms with Crippen molar-refractivity contribution in [2.75, 3.05) is 33.3 Å². The molecular weight excluding hydrogens is 197 g/mol. The minimum Gasteiger partial charge on any atom is -0.367 e. The number of nitrogens with zero attached hydrogens (tertiary/aromatic N) is 1. The van der Waals surface area contributed by atoms with Crippen molar-refractivity contribution in [2.45, 2.75) is 18.2 Å². The van der Waals surface area contributed by atoms with Gasteiger partial charge in [0.2, 0.25) is 0 Å². The highest BCUT2D eigenvalue weighted by molar-refractivity contribution is 4.97. The number of nitrogens with two attached hydrogens (primary N) is 1. The maximum Gasteiger partial charge on any atom is 0.418 e. The smallest absolute Gasteiger partial charge is 0.367 e. The summed E-state index contributed by atoms with van der Waals surface area (Å²) in [6.45, 7) is 1.15. The second kappa shape index (κ2) is 4.04. The first-order valence-electron chi connectivity index (χ1n) is 4.49. The summed E-state index contributed by atoms with van der Waals surface area (Å²) < 4.78 is 42.6. The molecule has 0 spiro atoms. The third-order valence-corrected chi connectivity index (χ3v) is 2.66. The number of rotatable bonds is 3. The van der Waals surface area contributed by atoms with E-state index in [1.165, 1.54) is 0 Å². The van der Waals surface area contributed by atoms with E-state index < -0.39 is 11.8 Å². The maximum atomic E-state index is 12.6. The lowest BCUT2D eigenvalue weighted by atomic mass is 10.0. The fourth-order valence-corrected chi connectivity index (χ4v) is 1.75. The van der Waals surface area contributed by atoms with Crippen molar-refractivity contribution in [1.82, 2.24) is 4.90 Å². The van der Waals surface area contributed by atoms with Gasteiger partial charge < -0.3 is 10.5 Å². The Balaban J connectivity index is 2.66. The van der Waals surface area contributed by atoms with Crippen LogP contribution in [-0.2, 0) is 4.74 Å². The molecule has 0 aromatic heterocycles. The lowest BCUT2D eigenvalue weighted by Crippen LogP contribution is -2.49. The van der Waals surface area contributed by atoms with Crippen LogP contribution in [0.15, 0.2) is 0 Å². The first kappa shape index (κ1) is 11.7. The first-order valence-corrected chi connectivity index (χ1v) is 4.49. The minimum absolute atomic E-state index is 0.00694. The van der Waals surface area contributed by atoms with Gasteiger partial charge in [-0.1, -0.05) is 0 Å². The predicted octanol–water partition coefficient (Wildman–Crippen LogP) is 0.598. The molecular formula is C8H15F3N2O. The van der Waals surface area contributed by atoms with Crippen molar-refractivity contribution in [1.29, 1.82) is 0 Å². The van der Waals surface area contributed by atoms with Gasteiger partial charge in [0.1, 0.15) is 0 Å². The second-order valence-corrected chi connectivity index (χ2v) is 3.51. The number of ether oxygens (including phenoxy) is 1. The SMILES string of the molecule is CO[C@]1(C(F)(F)F)CCN(CCN)C1. The zero-order chi connectivity index (χ0) is 10.8. The quantitative estimate of drug-likeness (QED) is 0.744. The van der Waals surface area contributed by atoms with Crippen LogP contribution in [0.25, 0.3) is 0 Å².